The minimum Gasteiger partial charge on any atom is -0.396 e. The zero-order valence-corrected chi connectivity index (χ0v) is 19.4. The normalized spacial score (nSPS) is 12.2. The maximum atomic E-state index is 9.51. The van der Waals surface area contributed by atoms with Gasteiger partial charge in [-0.1, -0.05) is 25.5 Å². The van der Waals surface area contributed by atoms with Crippen molar-refractivity contribution in [3.05, 3.63) is 52.3 Å². The van der Waals surface area contributed by atoms with Crippen LogP contribution in [0, 0.1) is 12.8 Å². The maximum Gasteiger partial charge on any atom is 0.225 e. The van der Waals surface area contributed by atoms with Crippen molar-refractivity contribution < 1.29 is 5.11 Å². The molecule has 4 aromatic rings. The van der Waals surface area contributed by atoms with Crippen LogP contribution >= 0.6 is 22.7 Å². The second kappa shape index (κ2) is 10.2. The molecule has 0 saturated carbocycles. The molecule has 0 radical (unpaired) electrons. The average molecular weight is 454 g/mol. The first-order valence-corrected chi connectivity index (χ1v) is 12.3. The Kier molecular flexibility index (Phi) is 7.11. The minimum atomic E-state index is 0.207. The van der Waals surface area contributed by atoms with Crippen molar-refractivity contribution in [2.45, 2.75) is 33.2 Å². The van der Waals surface area contributed by atoms with Crippen molar-refractivity contribution >= 4 is 44.7 Å². The summed E-state index contributed by atoms with van der Waals surface area (Å²) in [6, 6.07) is 10.3. The van der Waals surface area contributed by atoms with Crippen LogP contribution in [0.15, 0.2) is 41.1 Å². The first kappa shape index (κ1) is 21.7. The van der Waals surface area contributed by atoms with Crippen LogP contribution in [0.4, 0.5) is 11.8 Å². The van der Waals surface area contributed by atoms with Gasteiger partial charge in [-0.05, 0) is 53.8 Å². The summed E-state index contributed by atoms with van der Waals surface area (Å²) in [5.41, 5.74) is 4.03. The number of aliphatic hydroxyl groups is 1. The summed E-state index contributed by atoms with van der Waals surface area (Å²) in [5.74, 6) is 1.68. The highest BCUT2D eigenvalue weighted by molar-refractivity contribution is 7.21. The molecule has 0 spiro atoms. The Morgan fingerprint density at radius 2 is 1.97 bits per heavy atom. The molecule has 1 atom stereocenters. The number of hydrogen-bond acceptors (Lipinski definition) is 8. The number of thiazole rings is 1. The molecule has 3 aromatic heterocycles. The first-order chi connectivity index (χ1) is 15.2. The monoisotopic (exact) mass is 453 g/mol. The summed E-state index contributed by atoms with van der Waals surface area (Å²) in [6.07, 6.45) is 1.84. The molecule has 31 heavy (non-hydrogen) atoms. The highest BCUT2D eigenvalue weighted by Crippen LogP contribution is 2.36. The maximum absolute atomic E-state index is 9.51. The predicted molar refractivity (Wildman–Crippen MR) is 131 cm³/mol. The van der Waals surface area contributed by atoms with Crippen LogP contribution < -0.4 is 10.6 Å². The zero-order chi connectivity index (χ0) is 21.6. The molecule has 1 unspecified atom stereocenters. The molecule has 0 bridgehead atoms. The van der Waals surface area contributed by atoms with E-state index in [1.54, 1.807) is 22.7 Å². The largest absolute Gasteiger partial charge is 0.396 e. The quantitative estimate of drug-likeness (QED) is 0.292. The third kappa shape index (κ3) is 5.20. The molecule has 8 heteroatoms. The van der Waals surface area contributed by atoms with Gasteiger partial charge in [0.25, 0.3) is 0 Å². The molecule has 0 amide bonds. The lowest BCUT2D eigenvalue weighted by atomic mass is 10.0. The highest BCUT2D eigenvalue weighted by atomic mass is 32.1. The smallest absolute Gasteiger partial charge is 0.225 e. The van der Waals surface area contributed by atoms with E-state index in [1.807, 2.05) is 25.1 Å². The van der Waals surface area contributed by atoms with Crippen LogP contribution in [0.5, 0.6) is 0 Å². The number of hydrogen-bond donors (Lipinski definition) is 3. The van der Waals surface area contributed by atoms with E-state index in [0.717, 1.165) is 51.7 Å². The summed E-state index contributed by atoms with van der Waals surface area (Å²) in [4.78, 5) is 14.4. The number of nitrogens with zero attached hydrogens (tertiary/aromatic N) is 3. The number of thiophene rings is 1. The minimum absolute atomic E-state index is 0.207. The number of rotatable bonds is 10. The number of nitrogens with one attached hydrogen (secondary N) is 2. The number of fused-ring (bicyclic) bond motifs is 1. The summed E-state index contributed by atoms with van der Waals surface area (Å²) in [6.45, 7) is 5.74. The Bertz CT molecular complexity index is 1090. The van der Waals surface area contributed by atoms with Gasteiger partial charge < -0.3 is 15.7 Å². The van der Waals surface area contributed by atoms with Crippen molar-refractivity contribution in [3.63, 3.8) is 0 Å². The van der Waals surface area contributed by atoms with E-state index < -0.39 is 0 Å². The van der Waals surface area contributed by atoms with Gasteiger partial charge in [0.1, 0.15) is 10.8 Å². The van der Waals surface area contributed by atoms with E-state index in [2.05, 4.69) is 40.5 Å². The molecule has 0 fully saturated rings. The van der Waals surface area contributed by atoms with E-state index in [9.17, 15) is 5.11 Å². The molecule has 0 aliphatic carbocycles. The average Bonchev–Trinajstić information content (AvgIpc) is 3.44. The Labute approximate surface area is 190 Å². The standard InChI is InChI=1S/C23H27N5OS2/c1-3-16(13-29)8-10-24-21-20(22-27-18-6-4-5-7-19(18)31-22)15(2)26-23(28-21)25-12-17-9-11-30-14-17/h4-7,9,11,14,16,29H,3,8,10,12-13H2,1-2H3,(H2,24,25,26,28). The van der Waals surface area contributed by atoms with Crippen LogP contribution in [-0.4, -0.2) is 33.2 Å². The molecule has 3 heterocycles. The number of aliphatic hydroxyl groups excluding tert-OH is 1. The third-order valence-corrected chi connectivity index (χ3v) is 7.09. The fourth-order valence-corrected chi connectivity index (χ4v) is 5.14. The van der Waals surface area contributed by atoms with Gasteiger partial charge in [0.15, 0.2) is 0 Å². The molecule has 1 aromatic carbocycles. The van der Waals surface area contributed by atoms with Gasteiger partial charge in [0, 0.05) is 19.7 Å². The van der Waals surface area contributed by atoms with Gasteiger partial charge in [-0.2, -0.15) is 16.3 Å². The third-order valence-electron chi connectivity index (χ3n) is 5.31. The van der Waals surface area contributed by atoms with Crippen LogP contribution in [0.2, 0.25) is 0 Å². The van der Waals surface area contributed by atoms with Crippen molar-refractivity contribution in [2.75, 3.05) is 23.8 Å². The van der Waals surface area contributed by atoms with Gasteiger partial charge in [0.05, 0.1) is 21.5 Å². The Morgan fingerprint density at radius 1 is 1.10 bits per heavy atom. The fraction of sp³-hybridized carbons (Fsp3) is 0.348. The van der Waals surface area contributed by atoms with Crippen LogP contribution in [0.3, 0.4) is 0 Å². The summed E-state index contributed by atoms with van der Waals surface area (Å²) in [5, 5.41) is 21.5. The van der Waals surface area contributed by atoms with Crippen molar-refractivity contribution in [3.8, 4) is 10.6 Å². The number of benzene rings is 1. The lowest BCUT2D eigenvalue weighted by Gasteiger charge is -2.16. The van der Waals surface area contributed by atoms with Gasteiger partial charge >= 0.3 is 0 Å². The topological polar surface area (TPSA) is 83.0 Å². The van der Waals surface area contributed by atoms with Crippen LogP contribution in [0.1, 0.15) is 31.0 Å². The Morgan fingerprint density at radius 3 is 2.71 bits per heavy atom. The number of aryl methyl sites for hydroxylation is 1. The van der Waals surface area contributed by atoms with Crippen molar-refractivity contribution in [1.29, 1.82) is 0 Å². The van der Waals surface area contributed by atoms with Gasteiger partial charge in [-0.15, -0.1) is 11.3 Å². The SMILES string of the molecule is CCC(CO)CCNc1nc(NCc2ccsc2)nc(C)c1-c1nc2ccccc2s1. The molecule has 162 valence electrons. The van der Waals surface area contributed by atoms with Crippen LogP contribution in [-0.2, 0) is 6.54 Å². The van der Waals surface area contributed by atoms with Gasteiger partial charge in [-0.25, -0.2) is 9.97 Å². The predicted octanol–water partition coefficient (Wildman–Crippen LogP) is 5.56. The highest BCUT2D eigenvalue weighted by Gasteiger charge is 2.18. The molecule has 4 rings (SSSR count). The van der Waals surface area contributed by atoms with Crippen molar-refractivity contribution in [1.82, 2.24) is 15.0 Å². The molecule has 0 aliphatic rings. The number of para-hydroxylation sites is 1. The zero-order valence-electron chi connectivity index (χ0n) is 17.8. The van der Waals surface area contributed by atoms with Gasteiger partial charge in [0.2, 0.25) is 5.95 Å². The Hall–Kier alpha value is -2.55. The second-order valence-corrected chi connectivity index (χ2v) is 9.31. The fourth-order valence-electron chi connectivity index (χ4n) is 3.41. The molecule has 0 saturated heterocycles. The van der Waals surface area contributed by atoms with E-state index in [-0.39, 0.29) is 12.5 Å². The van der Waals surface area contributed by atoms with Crippen LogP contribution in [0.25, 0.3) is 20.8 Å². The lowest BCUT2D eigenvalue weighted by Crippen LogP contribution is -2.14. The summed E-state index contributed by atoms with van der Waals surface area (Å²) in [7, 11) is 0. The summed E-state index contributed by atoms with van der Waals surface area (Å²) >= 11 is 3.33. The molecular weight excluding hydrogens is 426 g/mol. The lowest BCUT2D eigenvalue weighted by molar-refractivity contribution is 0.217. The van der Waals surface area contributed by atoms with E-state index in [1.165, 1.54) is 5.56 Å². The van der Waals surface area contributed by atoms with E-state index >= 15 is 0 Å². The van der Waals surface area contributed by atoms with E-state index in [0.29, 0.717) is 12.5 Å². The molecule has 3 N–H and O–H groups in total. The molecule has 6 nitrogen and oxygen atoms in total. The second-order valence-electron chi connectivity index (χ2n) is 7.50. The van der Waals surface area contributed by atoms with Gasteiger partial charge in [-0.3, -0.25) is 0 Å². The Balaban J connectivity index is 1.64. The first-order valence-electron chi connectivity index (χ1n) is 10.5. The number of aromatic nitrogens is 3. The van der Waals surface area contributed by atoms with E-state index in [4.69, 9.17) is 15.0 Å². The van der Waals surface area contributed by atoms with Crippen molar-refractivity contribution in [2.24, 2.45) is 5.92 Å². The molecule has 0 aliphatic heterocycles. The molecular formula is C23H27N5OS2. The number of anilines is 2. The summed E-state index contributed by atoms with van der Waals surface area (Å²) < 4.78 is 1.15.